The first-order valence-electron chi connectivity index (χ1n) is 6.48. The summed E-state index contributed by atoms with van der Waals surface area (Å²) in [4.78, 5) is 4.84. The van der Waals surface area contributed by atoms with E-state index < -0.39 is 6.10 Å². The first-order valence-corrected chi connectivity index (χ1v) is 5.07. The second-order valence-electron chi connectivity index (χ2n) is 4.01. The van der Waals surface area contributed by atoms with Crippen LogP contribution < -0.4 is 0 Å². The highest BCUT2D eigenvalue weighted by Crippen LogP contribution is 2.29. The Hall–Kier alpha value is -0.340. The fourth-order valence-electron chi connectivity index (χ4n) is 2.01. The van der Waals surface area contributed by atoms with E-state index in [1.165, 1.54) is 32.1 Å². The summed E-state index contributed by atoms with van der Waals surface area (Å²) in [7, 11) is 0. The smallest absolute Gasteiger partial charge is 0.251 e. The molecule has 2 nitrogen and oxygen atoms in total. The largest absolute Gasteiger partial charge is 0.255 e. The molecule has 1 fully saturated rings. The van der Waals surface area contributed by atoms with Crippen molar-refractivity contribution in [2.75, 3.05) is 0 Å². The predicted molar refractivity (Wildman–Crippen MR) is 53.5 cm³/mol. The molecule has 76 valence electrons. The van der Waals surface area contributed by atoms with Gasteiger partial charge in [-0.05, 0) is 24.8 Å². The second-order valence-corrected chi connectivity index (χ2v) is 4.01. The van der Waals surface area contributed by atoms with Gasteiger partial charge in [-0.15, -0.1) is 0 Å². The first-order chi connectivity index (χ1) is 7.65. The molecular formula is C11H20O2. The van der Waals surface area contributed by atoms with Crippen molar-refractivity contribution in [2.45, 2.75) is 51.6 Å². The molecule has 0 spiro atoms. The Bertz CT molecular complexity index is 233. The zero-order chi connectivity index (χ0) is 12.0. The highest BCUT2D eigenvalue weighted by atomic mass is 17.1. The Labute approximate surface area is 84.8 Å². The minimum absolute atomic E-state index is 0.238. The van der Waals surface area contributed by atoms with Crippen molar-refractivity contribution in [2.24, 2.45) is 5.92 Å². The molecule has 0 amide bonds. The second kappa shape index (κ2) is 5.40. The van der Waals surface area contributed by atoms with Crippen LogP contribution in [0.15, 0.2) is 12.1 Å². The molecule has 2 heteroatoms. The Morgan fingerprint density at radius 2 is 2.46 bits per heavy atom. The summed E-state index contributed by atoms with van der Waals surface area (Å²) < 4.78 is 21.1. The Kier molecular flexibility index (Phi) is 2.92. The molecule has 0 aliphatic heterocycles. The normalized spacial score (nSPS) is 24.2. The summed E-state index contributed by atoms with van der Waals surface area (Å²) in [5.74, 6) is 0.572. The van der Waals surface area contributed by atoms with Crippen LogP contribution in [0, 0.1) is 5.92 Å². The summed E-state index contributed by atoms with van der Waals surface area (Å²) in [6, 6.07) is 0. The minimum Gasteiger partial charge on any atom is -0.251 e. The van der Waals surface area contributed by atoms with Crippen molar-refractivity contribution in [1.29, 1.82) is 1.43 Å². The molecule has 0 aromatic heterocycles. The zero-order valence-electron chi connectivity index (χ0n) is 11.2. The lowest BCUT2D eigenvalue weighted by Gasteiger charge is -2.24. The van der Waals surface area contributed by atoms with Gasteiger partial charge in [-0.25, -0.2) is 4.89 Å². The van der Waals surface area contributed by atoms with E-state index in [2.05, 4.69) is 5.26 Å². The van der Waals surface area contributed by atoms with Crippen LogP contribution in [0.4, 0.5) is 0 Å². The van der Waals surface area contributed by atoms with E-state index in [1.54, 1.807) is 6.92 Å². The molecule has 1 saturated carbocycles. The van der Waals surface area contributed by atoms with Crippen molar-refractivity contribution in [3.63, 3.8) is 0 Å². The fourth-order valence-corrected chi connectivity index (χ4v) is 2.01. The summed E-state index contributed by atoms with van der Waals surface area (Å²) in [5.41, 5.74) is 0.540. The Balaban J connectivity index is 2.53. The van der Waals surface area contributed by atoms with Crippen molar-refractivity contribution in [3.8, 4) is 0 Å². The summed E-state index contributed by atoms with van der Waals surface area (Å²) in [5, 5.41) is 3.97. The number of hydrogen-bond acceptors (Lipinski definition) is 2. The lowest BCUT2D eigenvalue weighted by atomic mass is 9.84. The number of rotatable bonds is 5. The van der Waals surface area contributed by atoms with E-state index in [0.29, 0.717) is 11.5 Å². The van der Waals surface area contributed by atoms with Gasteiger partial charge in [0.2, 0.25) is 0 Å². The SMILES string of the molecule is [2H]OOC(CC1CCCCC1)C(C)=C([2H])[2H]. The average Bonchev–Trinajstić information content (AvgIpc) is 2.29. The van der Waals surface area contributed by atoms with Crippen LogP contribution in [0.3, 0.4) is 0 Å². The fraction of sp³-hybridized carbons (Fsp3) is 0.818. The summed E-state index contributed by atoms with van der Waals surface area (Å²) >= 11 is 0. The van der Waals surface area contributed by atoms with Crippen molar-refractivity contribution < 1.29 is 12.9 Å². The summed E-state index contributed by atoms with van der Waals surface area (Å²) in [6.07, 6.45) is 6.49. The van der Waals surface area contributed by atoms with Gasteiger partial charge in [-0.2, -0.15) is 0 Å². The molecule has 1 N–H and O–H groups in total. The molecule has 1 rings (SSSR count). The van der Waals surface area contributed by atoms with Gasteiger partial charge in [-0.1, -0.05) is 38.6 Å². The van der Waals surface area contributed by atoms with Gasteiger partial charge in [0, 0.05) is 0 Å². The maximum atomic E-state index is 7.26. The third kappa shape index (κ3) is 3.49. The van der Waals surface area contributed by atoms with Gasteiger partial charge < -0.3 is 0 Å². The van der Waals surface area contributed by atoms with Crippen LogP contribution in [-0.2, 0) is 4.89 Å². The van der Waals surface area contributed by atoms with E-state index in [0.717, 1.165) is 6.42 Å². The van der Waals surface area contributed by atoms with Gasteiger partial charge in [-0.3, -0.25) is 5.26 Å². The Morgan fingerprint density at radius 3 is 3.08 bits per heavy atom. The van der Waals surface area contributed by atoms with Gasteiger partial charge in [0.05, 0.1) is 2.74 Å². The quantitative estimate of drug-likeness (QED) is 0.406. The van der Waals surface area contributed by atoms with Crippen LogP contribution in [0.5, 0.6) is 0 Å². The molecule has 13 heavy (non-hydrogen) atoms. The minimum atomic E-state index is -0.411. The third-order valence-electron chi connectivity index (χ3n) is 2.87. The molecule has 0 radical (unpaired) electrons. The molecule has 0 saturated heterocycles. The molecule has 0 aromatic rings. The van der Waals surface area contributed by atoms with E-state index in [4.69, 9.17) is 9.06 Å². The first kappa shape index (κ1) is 7.02. The molecule has 1 unspecified atom stereocenters. The highest BCUT2D eigenvalue weighted by molar-refractivity contribution is 4.98. The molecule has 1 aliphatic carbocycles. The van der Waals surface area contributed by atoms with Gasteiger partial charge >= 0.3 is 0 Å². The maximum Gasteiger partial charge on any atom is 0.255 e. The molecule has 0 aromatic carbocycles. The standard InChI is InChI=1S/C11H20O2/c1-9(2)11(13-12)8-10-6-4-3-5-7-10/h10-12H,1,3-8H2,2H3/i1D2/hD. The van der Waals surface area contributed by atoms with Gasteiger partial charge in [0.15, 0.2) is 0 Å². The molecule has 0 bridgehead atoms. The molecule has 1 aliphatic rings. The Morgan fingerprint density at radius 1 is 1.69 bits per heavy atom. The zero-order valence-corrected chi connectivity index (χ0v) is 8.21. The van der Waals surface area contributed by atoms with Crippen LogP contribution >= 0.6 is 0 Å². The molecular weight excluding hydrogens is 164 g/mol. The van der Waals surface area contributed by atoms with E-state index >= 15 is 0 Å². The van der Waals surface area contributed by atoms with Crippen LogP contribution in [-0.4, -0.2) is 11.4 Å². The van der Waals surface area contributed by atoms with E-state index in [1.807, 2.05) is 0 Å². The average molecular weight is 187 g/mol. The lowest BCUT2D eigenvalue weighted by Crippen LogP contribution is -2.19. The summed E-state index contributed by atoms with van der Waals surface area (Å²) in [6.45, 7) is 1.46. The third-order valence-corrected chi connectivity index (χ3v) is 2.87. The predicted octanol–water partition coefficient (Wildman–Crippen LogP) is 3.39. The molecule has 0 heterocycles. The monoisotopic (exact) mass is 187 g/mol. The van der Waals surface area contributed by atoms with Crippen molar-refractivity contribution in [1.82, 2.24) is 0 Å². The van der Waals surface area contributed by atoms with Crippen LogP contribution in [0.2, 0.25) is 0 Å². The van der Waals surface area contributed by atoms with Crippen molar-refractivity contribution >= 4 is 0 Å². The van der Waals surface area contributed by atoms with E-state index in [9.17, 15) is 0 Å². The topological polar surface area (TPSA) is 29.5 Å². The van der Waals surface area contributed by atoms with Crippen LogP contribution in [0.1, 0.15) is 48.2 Å². The van der Waals surface area contributed by atoms with E-state index in [-0.39, 0.29) is 6.53 Å². The lowest BCUT2D eigenvalue weighted by molar-refractivity contribution is -0.271. The number of hydrogen-bond donors (Lipinski definition) is 1. The maximum absolute atomic E-state index is 7.26. The van der Waals surface area contributed by atoms with Gasteiger partial charge in [0.25, 0.3) is 1.43 Å². The van der Waals surface area contributed by atoms with Crippen LogP contribution in [0.25, 0.3) is 1.43 Å². The van der Waals surface area contributed by atoms with Crippen molar-refractivity contribution in [3.05, 3.63) is 12.1 Å². The van der Waals surface area contributed by atoms with Gasteiger partial charge in [0.1, 0.15) is 6.10 Å². The highest BCUT2D eigenvalue weighted by Gasteiger charge is 2.19. The molecule has 1 atom stereocenters.